The van der Waals surface area contributed by atoms with Gasteiger partial charge in [0.15, 0.2) is 0 Å². The fourth-order valence-corrected chi connectivity index (χ4v) is 2.85. The number of carbonyl (C=O) groups excluding carboxylic acids is 2. The molecule has 1 aromatic rings. The second-order valence-electron chi connectivity index (χ2n) is 6.54. The number of rotatable bonds is 6. The van der Waals surface area contributed by atoms with E-state index in [1.54, 1.807) is 9.80 Å². The maximum Gasteiger partial charge on any atom is 0.253 e. The van der Waals surface area contributed by atoms with Crippen LogP contribution >= 0.6 is 0 Å². The molecule has 0 N–H and O–H groups in total. The number of piperazine rings is 1. The van der Waals surface area contributed by atoms with Crippen LogP contribution in [0.5, 0.6) is 0 Å². The van der Waals surface area contributed by atoms with Gasteiger partial charge in [0, 0.05) is 51.1 Å². The van der Waals surface area contributed by atoms with E-state index in [0.29, 0.717) is 31.7 Å². The van der Waals surface area contributed by atoms with Crippen LogP contribution < -0.4 is 0 Å². The van der Waals surface area contributed by atoms with Crippen LogP contribution in [0.2, 0.25) is 0 Å². The quantitative estimate of drug-likeness (QED) is 0.787. The molecule has 0 unspecified atom stereocenters. The van der Waals surface area contributed by atoms with Gasteiger partial charge in [-0.1, -0.05) is 12.1 Å². The van der Waals surface area contributed by atoms with Crippen LogP contribution in [0, 0.1) is 0 Å². The van der Waals surface area contributed by atoms with Crippen LogP contribution in [-0.4, -0.2) is 73.2 Å². The summed E-state index contributed by atoms with van der Waals surface area (Å²) in [6, 6.07) is 7.53. The van der Waals surface area contributed by atoms with Crippen molar-refractivity contribution in [2.75, 3.05) is 40.3 Å². The Balaban J connectivity index is 1.85. The monoisotopic (exact) mass is 353 g/mol. The summed E-state index contributed by atoms with van der Waals surface area (Å²) in [7, 11) is 3.97. The van der Waals surface area contributed by atoms with E-state index < -0.39 is 12.8 Å². The minimum atomic E-state index is -2.46. The summed E-state index contributed by atoms with van der Waals surface area (Å²) in [6.45, 7) is 2.46. The normalized spacial score (nSPS) is 15.1. The van der Waals surface area contributed by atoms with Gasteiger partial charge < -0.3 is 14.7 Å². The van der Waals surface area contributed by atoms with Crippen molar-refractivity contribution in [3.05, 3.63) is 35.4 Å². The van der Waals surface area contributed by atoms with Crippen molar-refractivity contribution in [2.45, 2.75) is 25.8 Å². The fourth-order valence-electron chi connectivity index (χ4n) is 2.85. The SMILES string of the molecule is CN(C)Cc1ccc(C(=O)N2CCN(C(=O)CCC(F)F)CC2)cc1. The molecule has 138 valence electrons. The number of halogens is 2. The van der Waals surface area contributed by atoms with Crippen LogP contribution in [0.3, 0.4) is 0 Å². The summed E-state index contributed by atoms with van der Waals surface area (Å²) in [5, 5.41) is 0. The van der Waals surface area contributed by atoms with E-state index >= 15 is 0 Å². The topological polar surface area (TPSA) is 43.9 Å². The minimum Gasteiger partial charge on any atom is -0.339 e. The molecule has 1 fully saturated rings. The Labute approximate surface area is 147 Å². The third kappa shape index (κ3) is 5.77. The van der Waals surface area contributed by atoms with Crippen molar-refractivity contribution in [3.8, 4) is 0 Å². The molecule has 1 aromatic carbocycles. The lowest BCUT2D eigenvalue weighted by molar-refractivity contribution is -0.133. The van der Waals surface area contributed by atoms with E-state index in [9.17, 15) is 18.4 Å². The first-order chi connectivity index (χ1) is 11.9. The molecule has 1 heterocycles. The van der Waals surface area contributed by atoms with Gasteiger partial charge in [-0.05, 0) is 31.8 Å². The Kier molecular flexibility index (Phi) is 6.87. The highest BCUT2D eigenvalue weighted by molar-refractivity contribution is 5.94. The number of alkyl halides is 2. The summed E-state index contributed by atoms with van der Waals surface area (Å²) >= 11 is 0. The van der Waals surface area contributed by atoms with Gasteiger partial charge in [0.25, 0.3) is 5.91 Å². The average Bonchev–Trinajstić information content (AvgIpc) is 2.59. The Hall–Kier alpha value is -2.02. The molecule has 25 heavy (non-hydrogen) atoms. The van der Waals surface area contributed by atoms with Gasteiger partial charge in [-0.2, -0.15) is 0 Å². The predicted molar refractivity (Wildman–Crippen MR) is 91.6 cm³/mol. The molecule has 0 atom stereocenters. The molecule has 1 aliphatic heterocycles. The van der Waals surface area contributed by atoms with Gasteiger partial charge in [0.1, 0.15) is 0 Å². The molecular weight excluding hydrogens is 328 g/mol. The van der Waals surface area contributed by atoms with Crippen molar-refractivity contribution in [2.24, 2.45) is 0 Å². The first-order valence-electron chi connectivity index (χ1n) is 8.45. The number of nitrogens with zero attached hydrogens (tertiary/aromatic N) is 3. The molecule has 5 nitrogen and oxygen atoms in total. The van der Waals surface area contributed by atoms with E-state index in [1.165, 1.54) is 0 Å². The molecular formula is C18H25F2N3O2. The number of hydrogen-bond acceptors (Lipinski definition) is 3. The molecule has 0 radical (unpaired) electrons. The van der Waals surface area contributed by atoms with E-state index in [0.717, 1.165) is 12.1 Å². The van der Waals surface area contributed by atoms with Crippen LogP contribution in [0.15, 0.2) is 24.3 Å². The highest BCUT2D eigenvalue weighted by Crippen LogP contribution is 2.13. The first-order valence-corrected chi connectivity index (χ1v) is 8.45. The lowest BCUT2D eigenvalue weighted by Gasteiger charge is -2.35. The molecule has 1 aliphatic rings. The first kappa shape index (κ1) is 19.3. The third-order valence-electron chi connectivity index (χ3n) is 4.20. The van der Waals surface area contributed by atoms with Crippen LogP contribution in [0.1, 0.15) is 28.8 Å². The molecule has 2 amide bonds. The molecule has 7 heteroatoms. The number of amides is 2. The maximum atomic E-state index is 12.5. The van der Waals surface area contributed by atoms with Gasteiger partial charge in [0.2, 0.25) is 12.3 Å². The summed E-state index contributed by atoms with van der Waals surface area (Å²) in [4.78, 5) is 29.7. The molecule has 0 aliphatic carbocycles. The Morgan fingerprint density at radius 2 is 1.60 bits per heavy atom. The Bertz CT molecular complexity index is 582. The lowest BCUT2D eigenvalue weighted by Crippen LogP contribution is -2.50. The van der Waals surface area contributed by atoms with Crippen LogP contribution in [0.25, 0.3) is 0 Å². The lowest BCUT2D eigenvalue weighted by atomic mass is 10.1. The zero-order chi connectivity index (χ0) is 18.4. The second-order valence-corrected chi connectivity index (χ2v) is 6.54. The largest absolute Gasteiger partial charge is 0.339 e. The van der Waals surface area contributed by atoms with Gasteiger partial charge in [-0.25, -0.2) is 8.78 Å². The Morgan fingerprint density at radius 1 is 1.04 bits per heavy atom. The smallest absolute Gasteiger partial charge is 0.253 e. The van der Waals surface area contributed by atoms with E-state index in [4.69, 9.17) is 0 Å². The number of carbonyl (C=O) groups is 2. The van der Waals surface area contributed by atoms with Crippen LogP contribution in [0.4, 0.5) is 8.78 Å². The highest BCUT2D eigenvalue weighted by Gasteiger charge is 2.25. The van der Waals surface area contributed by atoms with Crippen molar-refractivity contribution < 1.29 is 18.4 Å². The van der Waals surface area contributed by atoms with Gasteiger partial charge in [0.05, 0.1) is 0 Å². The molecule has 0 aromatic heterocycles. The minimum absolute atomic E-state index is 0.0592. The van der Waals surface area contributed by atoms with Crippen molar-refractivity contribution >= 4 is 11.8 Å². The van der Waals surface area contributed by atoms with E-state index in [1.807, 2.05) is 38.4 Å². The molecule has 0 bridgehead atoms. The fraction of sp³-hybridized carbons (Fsp3) is 0.556. The summed E-state index contributed by atoms with van der Waals surface area (Å²) in [5.74, 6) is -0.323. The number of benzene rings is 1. The Morgan fingerprint density at radius 3 is 2.12 bits per heavy atom. The maximum absolute atomic E-state index is 12.5. The third-order valence-corrected chi connectivity index (χ3v) is 4.20. The highest BCUT2D eigenvalue weighted by atomic mass is 19.3. The zero-order valence-electron chi connectivity index (χ0n) is 14.8. The van der Waals surface area contributed by atoms with E-state index in [2.05, 4.69) is 4.90 Å². The average molecular weight is 353 g/mol. The van der Waals surface area contributed by atoms with Gasteiger partial charge in [-0.3, -0.25) is 9.59 Å². The molecule has 0 spiro atoms. The van der Waals surface area contributed by atoms with Crippen molar-refractivity contribution in [1.29, 1.82) is 0 Å². The van der Waals surface area contributed by atoms with Crippen molar-refractivity contribution in [3.63, 3.8) is 0 Å². The molecule has 0 saturated carbocycles. The summed E-state index contributed by atoms with van der Waals surface area (Å²) < 4.78 is 24.4. The molecule has 1 saturated heterocycles. The molecule has 2 rings (SSSR count). The van der Waals surface area contributed by atoms with Gasteiger partial charge in [-0.15, -0.1) is 0 Å². The predicted octanol–water partition coefficient (Wildman–Crippen LogP) is 2.08. The summed E-state index contributed by atoms with van der Waals surface area (Å²) in [6.07, 6.45) is -3.00. The van der Waals surface area contributed by atoms with Gasteiger partial charge >= 0.3 is 0 Å². The van der Waals surface area contributed by atoms with Crippen molar-refractivity contribution in [1.82, 2.24) is 14.7 Å². The standard InChI is InChI=1S/C18H25F2N3O2/c1-21(2)13-14-3-5-15(6-4-14)18(25)23-11-9-22(10-12-23)17(24)8-7-16(19)20/h3-6,16H,7-13H2,1-2H3. The second kappa shape index (κ2) is 8.89. The van der Waals surface area contributed by atoms with Crippen LogP contribution in [-0.2, 0) is 11.3 Å². The zero-order valence-corrected chi connectivity index (χ0v) is 14.8. The van der Waals surface area contributed by atoms with E-state index in [-0.39, 0.29) is 18.2 Å². The number of hydrogen-bond donors (Lipinski definition) is 0. The summed E-state index contributed by atoms with van der Waals surface area (Å²) in [5.41, 5.74) is 1.76.